The van der Waals surface area contributed by atoms with Gasteiger partial charge in [-0.05, 0) is 19.1 Å². The first-order valence-corrected chi connectivity index (χ1v) is 10.2. The van der Waals surface area contributed by atoms with Crippen LogP contribution in [-0.2, 0) is 12.4 Å². The molecule has 33 heavy (non-hydrogen) atoms. The van der Waals surface area contributed by atoms with Crippen molar-refractivity contribution >= 4 is 33.9 Å². The van der Waals surface area contributed by atoms with Crippen LogP contribution in [0.1, 0.15) is 17.4 Å². The molecule has 0 aliphatic rings. The number of rotatable bonds is 5. The van der Waals surface area contributed by atoms with Crippen LogP contribution in [0, 0.1) is 0 Å². The fourth-order valence-corrected chi connectivity index (χ4v) is 3.72. The quantitative estimate of drug-likeness (QED) is 0.333. The van der Waals surface area contributed by atoms with Gasteiger partial charge in [-0.1, -0.05) is 12.1 Å². The zero-order valence-corrected chi connectivity index (χ0v) is 17.4. The highest BCUT2D eigenvalue weighted by Gasteiger charge is 2.37. The minimum atomic E-state index is -4.69. The molecule has 0 saturated heterocycles. The van der Waals surface area contributed by atoms with Crippen LogP contribution in [0.25, 0.3) is 22.2 Å². The third kappa shape index (κ3) is 4.67. The maximum Gasteiger partial charge on any atom is 0.427 e. The van der Waals surface area contributed by atoms with E-state index in [0.717, 1.165) is 5.51 Å². The summed E-state index contributed by atoms with van der Waals surface area (Å²) in [4.78, 5) is 14.7. The van der Waals surface area contributed by atoms with Crippen molar-refractivity contribution in [1.82, 2.24) is 19.9 Å². The number of nitrogens with one attached hydrogen (secondary N) is 1. The molecule has 13 heteroatoms. The maximum absolute atomic E-state index is 13.2. The summed E-state index contributed by atoms with van der Waals surface area (Å²) in [6, 6.07) is 5.98. The van der Waals surface area contributed by atoms with Crippen LogP contribution in [0.4, 0.5) is 38.0 Å². The van der Waals surface area contributed by atoms with Crippen molar-refractivity contribution in [3.05, 3.63) is 52.6 Å². The molecule has 0 spiro atoms. The molecule has 0 saturated carbocycles. The number of halogens is 6. The van der Waals surface area contributed by atoms with Crippen LogP contribution < -0.4 is 10.1 Å². The fourth-order valence-electron chi connectivity index (χ4n) is 3.05. The number of hydrogen-bond acceptors (Lipinski definition) is 7. The van der Waals surface area contributed by atoms with Gasteiger partial charge in [-0.25, -0.2) is 9.97 Å². The van der Waals surface area contributed by atoms with Gasteiger partial charge in [0.2, 0.25) is 11.8 Å². The second-order valence-electron chi connectivity index (χ2n) is 6.59. The summed E-state index contributed by atoms with van der Waals surface area (Å²) in [6.07, 6.45) is -7.22. The number of anilines is 2. The van der Waals surface area contributed by atoms with Gasteiger partial charge in [0.1, 0.15) is 10.4 Å². The van der Waals surface area contributed by atoms with E-state index in [0.29, 0.717) is 34.1 Å². The molecule has 3 heterocycles. The zero-order valence-electron chi connectivity index (χ0n) is 16.6. The van der Waals surface area contributed by atoms with E-state index in [2.05, 4.69) is 25.3 Å². The SMILES string of the molecule is CCOc1nc(Nc2ccnc3cc(-c4ncsc4C(F)(F)F)ccc23)ncc1C(F)(F)F. The normalized spacial score (nSPS) is 12.2. The van der Waals surface area contributed by atoms with Crippen molar-refractivity contribution < 1.29 is 31.1 Å². The number of thiazole rings is 1. The summed E-state index contributed by atoms with van der Waals surface area (Å²) in [5.41, 5.74) is 0.764. The van der Waals surface area contributed by atoms with Gasteiger partial charge in [-0.2, -0.15) is 31.3 Å². The molecule has 0 atom stereocenters. The first-order valence-electron chi connectivity index (χ1n) is 9.31. The molecule has 0 radical (unpaired) electrons. The maximum atomic E-state index is 13.2. The molecule has 3 aromatic heterocycles. The second-order valence-corrected chi connectivity index (χ2v) is 7.44. The molecule has 1 N–H and O–H groups in total. The van der Waals surface area contributed by atoms with Crippen LogP contribution in [0.5, 0.6) is 5.88 Å². The lowest BCUT2D eigenvalue weighted by Crippen LogP contribution is -2.12. The largest absolute Gasteiger partial charge is 0.477 e. The van der Waals surface area contributed by atoms with Gasteiger partial charge in [0.05, 0.1) is 29.0 Å². The third-order valence-corrected chi connectivity index (χ3v) is 5.30. The predicted octanol–water partition coefficient (Wildman–Crippen LogP) is 6.33. The highest BCUT2D eigenvalue weighted by atomic mass is 32.1. The number of fused-ring (bicyclic) bond motifs is 1. The molecule has 0 bridgehead atoms. The summed E-state index contributed by atoms with van der Waals surface area (Å²) in [7, 11) is 0. The van der Waals surface area contributed by atoms with Gasteiger partial charge in [0.15, 0.2) is 0 Å². The topological polar surface area (TPSA) is 72.8 Å². The molecule has 0 amide bonds. The Hall–Kier alpha value is -3.48. The average molecular weight is 485 g/mol. The lowest BCUT2D eigenvalue weighted by molar-refractivity contribution is -0.139. The zero-order chi connectivity index (χ0) is 23.8. The smallest absolute Gasteiger partial charge is 0.427 e. The predicted molar refractivity (Wildman–Crippen MR) is 109 cm³/mol. The summed E-state index contributed by atoms with van der Waals surface area (Å²) in [5.74, 6) is -0.770. The lowest BCUT2D eigenvalue weighted by atomic mass is 10.1. The standard InChI is InChI=1S/C20H13F6N5OS/c1-2-32-17-12(19(21,22)23)8-28-18(31-17)30-13-5-6-27-14-7-10(3-4-11(13)14)15-16(20(24,25)26)33-9-29-15/h3-9H,2H2,1H3,(H,27,28,30,31). The average Bonchev–Trinajstić information content (AvgIpc) is 3.24. The number of alkyl halides is 6. The van der Waals surface area contributed by atoms with Gasteiger partial charge in [0, 0.05) is 23.3 Å². The molecule has 4 aromatic rings. The first kappa shape index (κ1) is 22.7. The Bertz CT molecular complexity index is 1300. The Morgan fingerprint density at radius 2 is 1.79 bits per heavy atom. The molecule has 0 unspecified atom stereocenters. The van der Waals surface area contributed by atoms with E-state index in [-0.39, 0.29) is 23.8 Å². The van der Waals surface area contributed by atoms with Crippen LogP contribution in [0.15, 0.2) is 42.2 Å². The van der Waals surface area contributed by atoms with E-state index < -0.39 is 28.7 Å². The Balaban J connectivity index is 1.71. The Morgan fingerprint density at radius 3 is 2.48 bits per heavy atom. The van der Waals surface area contributed by atoms with Crippen molar-refractivity contribution in [2.24, 2.45) is 0 Å². The van der Waals surface area contributed by atoms with Crippen LogP contribution in [0.3, 0.4) is 0 Å². The molecule has 1 aromatic carbocycles. The Morgan fingerprint density at radius 1 is 1.00 bits per heavy atom. The van der Waals surface area contributed by atoms with Gasteiger partial charge in [-0.3, -0.25) is 4.98 Å². The Labute approximate surface area is 186 Å². The van der Waals surface area contributed by atoms with Crippen LogP contribution in [0.2, 0.25) is 0 Å². The molecule has 172 valence electrons. The van der Waals surface area contributed by atoms with Crippen molar-refractivity contribution in [2.75, 3.05) is 11.9 Å². The van der Waals surface area contributed by atoms with Crippen LogP contribution in [-0.4, -0.2) is 26.5 Å². The Kier molecular flexibility index (Phi) is 5.82. The van der Waals surface area contributed by atoms with Crippen molar-refractivity contribution in [3.63, 3.8) is 0 Å². The molecule has 6 nitrogen and oxygen atoms in total. The van der Waals surface area contributed by atoms with E-state index >= 15 is 0 Å². The second kappa shape index (κ2) is 8.46. The molecular weight excluding hydrogens is 472 g/mol. The van der Waals surface area contributed by atoms with Crippen molar-refractivity contribution in [2.45, 2.75) is 19.3 Å². The number of benzene rings is 1. The number of nitrogens with zero attached hydrogens (tertiary/aromatic N) is 4. The third-order valence-electron chi connectivity index (χ3n) is 4.43. The number of ether oxygens (including phenoxy) is 1. The highest BCUT2D eigenvalue weighted by molar-refractivity contribution is 7.10. The van der Waals surface area contributed by atoms with Gasteiger partial charge >= 0.3 is 12.4 Å². The highest BCUT2D eigenvalue weighted by Crippen LogP contribution is 2.40. The summed E-state index contributed by atoms with van der Waals surface area (Å²) in [6.45, 7) is 1.49. The van der Waals surface area contributed by atoms with E-state index in [9.17, 15) is 26.3 Å². The van der Waals surface area contributed by atoms with E-state index in [1.165, 1.54) is 37.4 Å². The molecule has 4 rings (SSSR count). The minimum Gasteiger partial charge on any atom is -0.477 e. The van der Waals surface area contributed by atoms with Gasteiger partial charge < -0.3 is 10.1 Å². The summed E-state index contributed by atoms with van der Waals surface area (Å²) in [5, 5.41) is 3.30. The first-order chi connectivity index (χ1) is 15.6. The van der Waals surface area contributed by atoms with Crippen molar-refractivity contribution in [1.29, 1.82) is 0 Å². The van der Waals surface area contributed by atoms with E-state index in [1.54, 1.807) is 0 Å². The van der Waals surface area contributed by atoms with Gasteiger partial charge in [0.25, 0.3) is 0 Å². The molecule has 0 fully saturated rings. The number of pyridine rings is 1. The van der Waals surface area contributed by atoms with Gasteiger partial charge in [-0.15, -0.1) is 11.3 Å². The number of aromatic nitrogens is 4. The lowest BCUT2D eigenvalue weighted by Gasteiger charge is -2.14. The minimum absolute atomic E-state index is 0.0307. The number of hydrogen-bond donors (Lipinski definition) is 1. The monoisotopic (exact) mass is 485 g/mol. The van der Waals surface area contributed by atoms with Crippen molar-refractivity contribution in [3.8, 4) is 17.1 Å². The molecule has 0 aliphatic carbocycles. The summed E-state index contributed by atoms with van der Waals surface area (Å²) >= 11 is 0.492. The van der Waals surface area contributed by atoms with Crippen LogP contribution >= 0.6 is 11.3 Å². The van der Waals surface area contributed by atoms with E-state index in [1.807, 2.05) is 0 Å². The molecule has 0 aliphatic heterocycles. The summed E-state index contributed by atoms with van der Waals surface area (Å²) < 4.78 is 84.1. The fraction of sp³-hybridized carbons (Fsp3) is 0.200. The molecular formula is C20H13F6N5OS. The van der Waals surface area contributed by atoms with E-state index in [4.69, 9.17) is 4.74 Å².